The molecular formula is C16H17FO2. The minimum atomic E-state index is -1.28. The molecule has 0 aliphatic heterocycles. The number of aliphatic hydroxyl groups is 1. The van der Waals surface area contributed by atoms with Gasteiger partial charge in [0.15, 0.2) is 0 Å². The Labute approximate surface area is 112 Å². The highest BCUT2D eigenvalue weighted by molar-refractivity contribution is 5.36. The van der Waals surface area contributed by atoms with Crippen LogP contribution in [0.3, 0.4) is 0 Å². The van der Waals surface area contributed by atoms with Crippen LogP contribution in [0, 0.1) is 5.82 Å². The summed E-state index contributed by atoms with van der Waals surface area (Å²) < 4.78 is 19.0. The smallest absolute Gasteiger partial charge is 0.129 e. The Morgan fingerprint density at radius 3 is 2.42 bits per heavy atom. The molecule has 0 aromatic heterocycles. The van der Waals surface area contributed by atoms with Crippen LogP contribution in [0.4, 0.5) is 4.39 Å². The Balaban J connectivity index is 2.34. The maximum atomic E-state index is 13.8. The first-order chi connectivity index (χ1) is 9.04. The van der Waals surface area contributed by atoms with Gasteiger partial charge in [0.1, 0.15) is 11.6 Å². The molecule has 2 nitrogen and oxygen atoms in total. The van der Waals surface area contributed by atoms with Crippen LogP contribution in [0.25, 0.3) is 0 Å². The number of benzene rings is 2. The predicted molar refractivity (Wildman–Crippen MR) is 72.7 cm³/mol. The Bertz CT molecular complexity index is 564. The van der Waals surface area contributed by atoms with E-state index in [9.17, 15) is 9.50 Å². The molecule has 19 heavy (non-hydrogen) atoms. The van der Waals surface area contributed by atoms with E-state index < -0.39 is 11.4 Å². The fourth-order valence-electron chi connectivity index (χ4n) is 2.21. The number of halogens is 1. The number of hydrogen-bond donors (Lipinski definition) is 1. The van der Waals surface area contributed by atoms with Gasteiger partial charge in [-0.3, -0.25) is 0 Å². The fraction of sp³-hybridized carbons (Fsp3) is 0.250. The van der Waals surface area contributed by atoms with Crippen LogP contribution in [-0.2, 0) is 12.0 Å². The van der Waals surface area contributed by atoms with Gasteiger partial charge >= 0.3 is 0 Å². The summed E-state index contributed by atoms with van der Waals surface area (Å²) in [4.78, 5) is 0. The lowest BCUT2D eigenvalue weighted by atomic mass is 9.88. The molecule has 0 saturated carbocycles. The molecule has 0 bridgehead atoms. The Morgan fingerprint density at radius 1 is 1.11 bits per heavy atom. The van der Waals surface area contributed by atoms with Crippen molar-refractivity contribution in [3.05, 3.63) is 65.5 Å². The van der Waals surface area contributed by atoms with Crippen molar-refractivity contribution in [2.24, 2.45) is 0 Å². The molecule has 0 amide bonds. The quantitative estimate of drug-likeness (QED) is 0.914. The zero-order chi connectivity index (χ0) is 13.9. The molecule has 0 heterocycles. The summed E-state index contributed by atoms with van der Waals surface area (Å²) in [6.45, 7) is 1.61. The third-order valence-electron chi connectivity index (χ3n) is 3.18. The van der Waals surface area contributed by atoms with Gasteiger partial charge in [-0.2, -0.15) is 0 Å². The van der Waals surface area contributed by atoms with E-state index in [1.807, 2.05) is 24.3 Å². The van der Waals surface area contributed by atoms with Gasteiger partial charge < -0.3 is 9.84 Å². The van der Waals surface area contributed by atoms with Gasteiger partial charge in [-0.05, 0) is 24.6 Å². The van der Waals surface area contributed by atoms with Crippen molar-refractivity contribution in [1.29, 1.82) is 0 Å². The van der Waals surface area contributed by atoms with Gasteiger partial charge in [-0.1, -0.05) is 36.4 Å². The Morgan fingerprint density at radius 2 is 1.74 bits per heavy atom. The SMILES string of the molecule is COc1ccccc1CC(C)(O)c1ccccc1F. The van der Waals surface area contributed by atoms with Crippen molar-refractivity contribution >= 4 is 0 Å². The molecule has 0 radical (unpaired) electrons. The number of rotatable bonds is 4. The van der Waals surface area contributed by atoms with Crippen LogP contribution in [0.15, 0.2) is 48.5 Å². The van der Waals surface area contributed by atoms with E-state index >= 15 is 0 Å². The van der Waals surface area contributed by atoms with Crippen molar-refractivity contribution in [3.63, 3.8) is 0 Å². The topological polar surface area (TPSA) is 29.5 Å². The average Bonchev–Trinajstić information content (AvgIpc) is 2.39. The standard InChI is InChI=1S/C16H17FO2/c1-16(18,13-8-4-5-9-14(13)17)11-12-7-3-6-10-15(12)19-2/h3-10,18H,11H2,1-2H3. The maximum Gasteiger partial charge on any atom is 0.129 e. The molecule has 1 atom stereocenters. The summed E-state index contributed by atoms with van der Waals surface area (Å²) in [7, 11) is 1.58. The summed E-state index contributed by atoms with van der Waals surface area (Å²) >= 11 is 0. The normalized spacial score (nSPS) is 13.9. The third kappa shape index (κ3) is 2.93. The van der Waals surface area contributed by atoms with Gasteiger partial charge in [0.25, 0.3) is 0 Å². The number of methoxy groups -OCH3 is 1. The zero-order valence-corrected chi connectivity index (χ0v) is 11.1. The lowest BCUT2D eigenvalue weighted by Crippen LogP contribution is -2.25. The third-order valence-corrected chi connectivity index (χ3v) is 3.18. The monoisotopic (exact) mass is 260 g/mol. The second kappa shape index (κ2) is 5.41. The van der Waals surface area contributed by atoms with E-state index in [0.717, 1.165) is 5.56 Å². The van der Waals surface area contributed by atoms with E-state index in [1.165, 1.54) is 6.07 Å². The van der Waals surface area contributed by atoms with Gasteiger partial charge in [-0.25, -0.2) is 4.39 Å². The minimum Gasteiger partial charge on any atom is -0.496 e. The van der Waals surface area contributed by atoms with E-state index in [0.29, 0.717) is 11.3 Å². The molecule has 0 spiro atoms. The predicted octanol–water partition coefficient (Wildman–Crippen LogP) is 3.28. The minimum absolute atomic E-state index is 0.290. The van der Waals surface area contributed by atoms with E-state index in [1.54, 1.807) is 32.2 Å². The van der Waals surface area contributed by atoms with Crippen LogP contribution in [-0.4, -0.2) is 12.2 Å². The van der Waals surface area contributed by atoms with Crippen LogP contribution in [0.5, 0.6) is 5.75 Å². The molecule has 2 aromatic carbocycles. The highest BCUT2D eigenvalue weighted by Gasteiger charge is 2.27. The molecule has 3 heteroatoms. The molecule has 1 unspecified atom stereocenters. The highest BCUT2D eigenvalue weighted by atomic mass is 19.1. The molecule has 2 aromatic rings. The van der Waals surface area contributed by atoms with Crippen molar-refractivity contribution in [2.45, 2.75) is 18.9 Å². The Kier molecular flexibility index (Phi) is 3.86. The molecule has 0 saturated heterocycles. The molecule has 0 aliphatic carbocycles. The molecule has 2 rings (SSSR count). The van der Waals surface area contributed by atoms with Crippen molar-refractivity contribution in [3.8, 4) is 5.75 Å². The molecule has 0 fully saturated rings. The van der Waals surface area contributed by atoms with Crippen molar-refractivity contribution in [1.82, 2.24) is 0 Å². The second-order valence-electron chi connectivity index (χ2n) is 4.74. The zero-order valence-electron chi connectivity index (χ0n) is 11.1. The summed E-state index contributed by atoms with van der Waals surface area (Å²) in [6, 6.07) is 13.7. The van der Waals surface area contributed by atoms with Crippen molar-refractivity contribution in [2.75, 3.05) is 7.11 Å². The van der Waals surface area contributed by atoms with E-state index in [4.69, 9.17) is 4.74 Å². The summed E-state index contributed by atoms with van der Waals surface area (Å²) in [5, 5.41) is 10.5. The first-order valence-electron chi connectivity index (χ1n) is 6.14. The highest BCUT2D eigenvalue weighted by Crippen LogP contribution is 2.30. The largest absolute Gasteiger partial charge is 0.496 e. The van der Waals surface area contributed by atoms with Crippen LogP contribution in [0.1, 0.15) is 18.1 Å². The molecule has 100 valence electrons. The number of ether oxygens (including phenoxy) is 1. The molecule has 0 aliphatic rings. The van der Waals surface area contributed by atoms with Gasteiger partial charge in [0.2, 0.25) is 0 Å². The van der Waals surface area contributed by atoms with Gasteiger partial charge in [0, 0.05) is 12.0 Å². The molecule has 1 N–H and O–H groups in total. The summed E-state index contributed by atoms with van der Waals surface area (Å²) in [5.41, 5.74) is -0.140. The summed E-state index contributed by atoms with van der Waals surface area (Å²) in [6.07, 6.45) is 0.290. The number of para-hydroxylation sites is 1. The van der Waals surface area contributed by atoms with Crippen LogP contribution in [0.2, 0.25) is 0 Å². The van der Waals surface area contributed by atoms with Gasteiger partial charge in [-0.15, -0.1) is 0 Å². The van der Waals surface area contributed by atoms with Crippen LogP contribution >= 0.6 is 0 Å². The Hall–Kier alpha value is -1.87. The first-order valence-corrected chi connectivity index (χ1v) is 6.14. The summed E-state index contributed by atoms with van der Waals surface area (Å²) in [5.74, 6) is 0.293. The van der Waals surface area contributed by atoms with Crippen LogP contribution < -0.4 is 4.74 Å². The van der Waals surface area contributed by atoms with Crippen molar-refractivity contribution < 1.29 is 14.2 Å². The lowest BCUT2D eigenvalue weighted by molar-refractivity contribution is 0.0532. The van der Waals surface area contributed by atoms with Gasteiger partial charge in [0.05, 0.1) is 12.7 Å². The molecular weight excluding hydrogens is 243 g/mol. The van der Waals surface area contributed by atoms with E-state index in [-0.39, 0.29) is 6.42 Å². The number of hydrogen-bond acceptors (Lipinski definition) is 2. The average molecular weight is 260 g/mol. The maximum absolute atomic E-state index is 13.8. The fourth-order valence-corrected chi connectivity index (χ4v) is 2.21. The lowest BCUT2D eigenvalue weighted by Gasteiger charge is -2.25. The van der Waals surface area contributed by atoms with E-state index in [2.05, 4.69) is 0 Å². The first kappa shape index (κ1) is 13.6. The second-order valence-corrected chi connectivity index (χ2v) is 4.74.